The molecule has 1 aromatic heterocycles. The first-order valence-corrected chi connectivity index (χ1v) is 7.11. The van der Waals surface area contributed by atoms with Gasteiger partial charge in [-0.25, -0.2) is 0 Å². The van der Waals surface area contributed by atoms with Crippen LogP contribution in [0.5, 0.6) is 0 Å². The van der Waals surface area contributed by atoms with E-state index in [9.17, 15) is 0 Å². The lowest BCUT2D eigenvalue weighted by Gasteiger charge is -2.17. The second-order valence-electron chi connectivity index (χ2n) is 4.95. The van der Waals surface area contributed by atoms with Crippen molar-refractivity contribution in [3.05, 3.63) is 5.89 Å². The molecule has 1 aliphatic rings. The van der Waals surface area contributed by atoms with Crippen molar-refractivity contribution in [2.24, 2.45) is 5.92 Å². The maximum Gasteiger partial charge on any atom is 0.318 e. The summed E-state index contributed by atoms with van der Waals surface area (Å²) in [5, 5.41) is 11.4. The fraction of sp³-hybridized carbons (Fsp3) is 0.846. The normalized spacial score (nSPS) is 21.0. The Bertz CT molecular complexity index is 353. The van der Waals surface area contributed by atoms with Gasteiger partial charge in [0.05, 0.1) is 6.54 Å². The Morgan fingerprint density at radius 2 is 2.17 bits per heavy atom. The maximum atomic E-state index is 5.69. The molecule has 5 heteroatoms. The van der Waals surface area contributed by atoms with Crippen molar-refractivity contribution in [3.8, 4) is 0 Å². The minimum Gasteiger partial charge on any atom is -0.407 e. The summed E-state index contributed by atoms with van der Waals surface area (Å²) in [5.41, 5.74) is 0. The van der Waals surface area contributed by atoms with E-state index in [2.05, 4.69) is 34.3 Å². The number of aromatic nitrogens is 2. The number of rotatable bonds is 5. The molecule has 5 nitrogen and oxygen atoms in total. The topological polar surface area (TPSA) is 54.2 Å². The van der Waals surface area contributed by atoms with E-state index >= 15 is 0 Å². The van der Waals surface area contributed by atoms with Gasteiger partial charge in [0.15, 0.2) is 0 Å². The summed E-state index contributed by atoms with van der Waals surface area (Å²) in [4.78, 5) is 2.23. The van der Waals surface area contributed by atoms with Crippen LogP contribution in [0.25, 0.3) is 0 Å². The summed E-state index contributed by atoms with van der Waals surface area (Å²) < 4.78 is 5.69. The fourth-order valence-corrected chi connectivity index (χ4v) is 2.44. The molecule has 1 unspecified atom stereocenters. The second kappa shape index (κ2) is 6.73. The lowest BCUT2D eigenvalue weighted by atomic mass is 9.98. The third-order valence-electron chi connectivity index (χ3n) is 3.68. The molecular formula is C13H24N4O. The van der Waals surface area contributed by atoms with Gasteiger partial charge in [-0.15, -0.1) is 5.10 Å². The van der Waals surface area contributed by atoms with Gasteiger partial charge in [0.2, 0.25) is 5.89 Å². The van der Waals surface area contributed by atoms with Crippen molar-refractivity contribution < 1.29 is 4.42 Å². The average Bonchev–Trinajstić information content (AvgIpc) is 2.73. The van der Waals surface area contributed by atoms with E-state index in [4.69, 9.17) is 4.42 Å². The second-order valence-corrected chi connectivity index (χ2v) is 4.95. The molecule has 0 spiro atoms. The van der Waals surface area contributed by atoms with Crippen molar-refractivity contribution >= 4 is 6.01 Å². The Morgan fingerprint density at radius 1 is 1.28 bits per heavy atom. The molecule has 0 radical (unpaired) electrons. The lowest BCUT2D eigenvalue weighted by molar-refractivity contribution is 0.452. The summed E-state index contributed by atoms with van der Waals surface area (Å²) in [6, 6.07) is 0.694. The Hall–Kier alpha value is -1.10. The number of nitrogens with one attached hydrogen (secondary N) is 1. The van der Waals surface area contributed by atoms with Crippen molar-refractivity contribution in [2.45, 2.75) is 46.1 Å². The highest BCUT2D eigenvalue weighted by atomic mass is 16.4. The zero-order chi connectivity index (χ0) is 12.8. The molecule has 2 rings (SSSR count). The van der Waals surface area contributed by atoms with Gasteiger partial charge in [0.1, 0.15) is 0 Å². The molecule has 1 saturated heterocycles. The van der Waals surface area contributed by atoms with Gasteiger partial charge in [0, 0.05) is 13.1 Å². The van der Waals surface area contributed by atoms with Crippen LogP contribution >= 0.6 is 0 Å². The molecule has 1 aliphatic heterocycles. The fourth-order valence-electron chi connectivity index (χ4n) is 2.44. The van der Waals surface area contributed by atoms with Crippen LogP contribution in [0.3, 0.4) is 0 Å². The molecule has 1 N–H and O–H groups in total. The summed E-state index contributed by atoms with van der Waals surface area (Å²) in [6.07, 6.45) is 5.07. The molecule has 0 saturated carbocycles. The SMILES string of the molecule is CCNCc1nnc(N2CCCC(CC)CC2)o1. The molecule has 0 bridgehead atoms. The molecule has 18 heavy (non-hydrogen) atoms. The van der Waals surface area contributed by atoms with Gasteiger partial charge in [-0.3, -0.25) is 0 Å². The highest BCUT2D eigenvalue weighted by molar-refractivity contribution is 5.24. The first kappa shape index (κ1) is 13.3. The smallest absolute Gasteiger partial charge is 0.318 e. The van der Waals surface area contributed by atoms with E-state index in [1.165, 1.54) is 25.7 Å². The lowest BCUT2D eigenvalue weighted by Crippen LogP contribution is -2.24. The Labute approximate surface area is 109 Å². The van der Waals surface area contributed by atoms with Crippen molar-refractivity contribution in [1.29, 1.82) is 0 Å². The van der Waals surface area contributed by atoms with E-state index in [1.54, 1.807) is 0 Å². The quantitative estimate of drug-likeness (QED) is 0.870. The van der Waals surface area contributed by atoms with Crippen LogP contribution < -0.4 is 10.2 Å². The number of hydrogen-bond acceptors (Lipinski definition) is 5. The molecule has 0 aromatic carbocycles. The number of nitrogens with zero attached hydrogens (tertiary/aromatic N) is 3. The highest BCUT2D eigenvalue weighted by Gasteiger charge is 2.19. The Morgan fingerprint density at radius 3 is 2.94 bits per heavy atom. The minimum absolute atomic E-state index is 0.662. The van der Waals surface area contributed by atoms with Gasteiger partial charge < -0.3 is 14.6 Å². The van der Waals surface area contributed by atoms with Gasteiger partial charge in [-0.1, -0.05) is 25.4 Å². The third-order valence-corrected chi connectivity index (χ3v) is 3.68. The van der Waals surface area contributed by atoms with Crippen LogP contribution in [0.2, 0.25) is 0 Å². The molecule has 2 heterocycles. The maximum absolute atomic E-state index is 5.69. The number of anilines is 1. The third kappa shape index (κ3) is 3.45. The van der Waals surface area contributed by atoms with E-state index in [0.717, 1.165) is 25.6 Å². The summed E-state index contributed by atoms with van der Waals surface area (Å²) in [5.74, 6) is 1.54. The minimum atomic E-state index is 0.662. The van der Waals surface area contributed by atoms with Crippen LogP contribution in [0.1, 0.15) is 45.4 Å². The standard InChI is InChI=1S/C13H24N4O/c1-3-11-6-5-8-17(9-7-11)13-16-15-12(18-13)10-14-4-2/h11,14H,3-10H2,1-2H3. The summed E-state index contributed by atoms with van der Waals surface area (Å²) in [7, 11) is 0. The highest BCUT2D eigenvalue weighted by Crippen LogP contribution is 2.23. The predicted octanol–water partition coefficient (Wildman–Crippen LogP) is 2.20. The summed E-state index contributed by atoms with van der Waals surface area (Å²) in [6.45, 7) is 8.01. The van der Waals surface area contributed by atoms with E-state index in [-0.39, 0.29) is 0 Å². The van der Waals surface area contributed by atoms with Crippen LogP contribution in [0.15, 0.2) is 4.42 Å². The first-order valence-electron chi connectivity index (χ1n) is 7.11. The Balaban J connectivity index is 1.92. The molecule has 1 aromatic rings. The zero-order valence-corrected chi connectivity index (χ0v) is 11.5. The van der Waals surface area contributed by atoms with Crippen LogP contribution in [0, 0.1) is 5.92 Å². The van der Waals surface area contributed by atoms with E-state index in [0.29, 0.717) is 18.5 Å². The zero-order valence-electron chi connectivity index (χ0n) is 11.5. The van der Waals surface area contributed by atoms with Crippen LogP contribution in [-0.4, -0.2) is 29.8 Å². The number of hydrogen-bond donors (Lipinski definition) is 1. The first-order chi connectivity index (χ1) is 8.83. The van der Waals surface area contributed by atoms with Gasteiger partial charge in [0.25, 0.3) is 0 Å². The molecule has 1 fully saturated rings. The molecule has 102 valence electrons. The van der Waals surface area contributed by atoms with Crippen molar-refractivity contribution in [2.75, 3.05) is 24.5 Å². The van der Waals surface area contributed by atoms with Gasteiger partial charge >= 0.3 is 6.01 Å². The molecule has 1 atom stereocenters. The van der Waals surface area contributed by atoms with Crippen molar-refractivity contribution in [1.82, 2.24) is 15.5 Å². The summed E-state index contributed by atoms with van der Waals surface area (Å²) >= 11 is 0. The van der Waals surface area contributed by atoms with E-state index < -0.39 is 0 Å². The molecule has 0 aliphatic carbocycles. The Kier molecular flexibility index (Phi) is 4.99. The van der Waals surface area contributed by atoms with Gasteiger partial charge in [-0.2, -0.15) is 0 Å². The molecular weight excluding hydrogens is 228 g/mol. The molecule has 0 amide bonds. The van der Waals surface area contributed by atoms with Crippen molar-refractivity contribution in [3.63, 3.8) is 0 Å². The van der Waals surface area contributed by atoms with Crippen LogP contribution in [0.4, 0.5) is 6.01 Å². The monoisotopic (exact) mass is 252 g/mol. The largest absolute Gasteiger partial charge is 0.407 e. The van der Waals surface area contributed by atoms with E-state index in [1.807, 2.05) is 0 Å². The average molecular weight is 252 g/mol. The van der Waals surface area contributed by atoms with Crippen LogP contribution in [-0.2, 0) is 6.54 Å². The van der Waals surface area contributed by atoms with Gasteiger partial charge in [-0.05, 0) is 31.7 Å². The predicted molar refractivity (Wildman–Crippen MR) is 71.5 cm³/mol.